The van der Waals surface area contributed by atoms with Crippen LogP contribution in [-0.4, -0.2) is 23.3 Å². The molecule has 0 aromatic carbocycles. The van der Waals surface area contributed by atoms with Gasteiger partial charge >= 0.3 is 0 Å². The minimum Gasteiger partial charge on any atom is -0.355 e. The molecular weight excluding hydrogens is 210 g/mol. The number of halogens is 1. The zero-order valence-corrected chi connectivity index (χ0v) is 9.58. The molecule has 0 bridgehead atoms. The third-order valence-corrected chi connectivity index (χ3v) is 3.05. The SMILES string of the molecule is ClCc1ccc(N2CCCCCC2)nn1. The Balaban J connectivity index is 2.06. The van der Waals surface area contributed by atoms with Crippen LogP contribution in [0.5, 0.6) is 0 Å². The van der Waals surface area contributed by atoms with Gasteiger partial charge in [-0.15, -0.1) is 16.7 Å². The summed E-state index contributed by atoms with van der Waals surface area (Å²) in [4.78, 5) is 2.32. The van der Waals surface area contributed by atoms with Gasteiger partial charge in [-0.2, -0.15) is 5.10 Å². The number of hydrogen-bond donors (Lipinski definition) is 0. The highest BCUT2D eigenvalue weighted by atomic mass is 35.5. The highest BCUT2D eigenvalue weighted by Crippen LogP contribution is 2.16. The molecule has 0 radical (unpaired) electrons. The summed E-state index contributed by atoms with van der Waals surface area (Å²) in [6, 6.07) is 3.98. The summed E-state index contributed by atoms with van der Waals surface area (Å²) in [6.45, 7) is 2.21. The predicted octanol–water partition coefficient (Wildman–Crippen LogP) is 2.60. The van der Waals surface area contributed by atoms with Gasteiger partial charge in [0.25, 0.3) is 0 Å². The molecule has 1 aliphatic heterocycles. The molecule has 2 heterocycles. The number of rotatable bonds is 2. The molecule has 1 fully saturated rings. The summed E-state index contributed by atoms with van der Waals surface area (Å²) < 4.78 is 0. The van der Waals surface area contributed by atoms with E-state index >= 15 is 0 Å². The Bertz CT molecular complexity index is 291. The monoisotopic (exact) mass is 225 g/mol. The van der Waals surface area contributed by atoms with E-state index in [1.165, 1.54) is 25.7 Å². The Hall–Kier alpha value is -0.830. The van der Waals surface area contributed by atoms with Crippen LogP contribution in [0.2, 0.25) is 0 Å². The van der Waals surface area contributed by atoms with Crippen molar-refractivity contribution < 1.29 is 0 Å². The molecule has 0 unspecified atom stereocenters. The van der Waals surface area contributed by atoms with Crippen LogP contribution in [0.25, 0.3) is 0 Å². The number of anilines is 1. The van der Waals surface area contributed by atoms with E-state index in [2.05, 4.69) is 15.1 Å². The summed E-state index contributed by atoms with van der Waals surface area (Å²) in [7, 11) is 0. The van der Waals surface area contributed by atoms with Crippen molar-refractivity contribution in [2.45, 2.75) is 31.6 Å². The topological polar surface area (TPSA) is 29.0 Å². The molecule has 15 heavy (non-hydrogen) atoms. The Morgan fingerprint density at radius 3 is 2.33 bits per heavy atom. The normalized spacial score (nSPS) is 17.5. The van der Waals surface area contributed by atoms with Gasteiger partial charge in [-0.1, -0.05) is 12.8 Å². The lowest BCUT2D eigenvalue weighted by Gasteiger charge is -2.20. The molecule has 1 aromatic heterocycles. The third-order valence-electron chi connectivity index (χ3n) is 2.77. The van der Waals surface area contributed by atoms with Crippen LogP contribution in [0.15, 0.2) is 12.1 Å². The third kappa shape index (κ3) is 2.81. The van der Waals surface area contributed by atoms with Crippen molar-refractivity contribution in [2.75, 3.05) is 18.0 Å². The van der Waals surface area contributed by atoms with E-state index in [9.17, 15) is 0 Å². The van der Waals surface area contributed by atoms with Crippen LogP contribution in [0.1, 0.15) is 31.4 Å². The van der Waals surface area contributed by atoms with E-state index in [0.717, 1.165) is 24.6 Å². The molecular formula is C11H16ClN3. The van der Waals surface area contributed by atoms with Crippen LogP contribution < -0.4 is 4.90 Å². The van der Waals surface area contributed by atoms with E-state index < -0.39 is 0 Å². The fraction of sp³-hybridized carbons (Fsp3) is 0.636. The first-order valence-electron chi connectivity index (χ1n) is 5.53. The Labute approximate surface area is 95.5 Å². The Morgan fingerprint density at radius 1 is 1.07 bits per heavy atom. The average Bonchev–Trinajstić information content (AvgIpc) is 2.58. The second kappa shape index (κ2) is 5.31. The second-order valence-corrected chi connectivity index (χ2v) is 4.19. The zero-order chi connectivity index (χ0) is 10.5. The molecule has 0 N–H and O–H groups in total. The highest BCUT2D eigenvalue weighted by Gasteiger charge is 2.10. The van der Waals surface area contributed by atoms with Gasteiger partial charge in [-0.3, -0.25) is 0 Å². The lowest BCUT2D eigenvalue weighted by atomic mass is 10.2. The molecule has 0 atom stereocenters. The number of alkyl halides is 1. The number of nitrogens with zero attached hydrogens (tertiary/aromatic N) is 3. The van der Waals surface area contributed by atoms with Crippen molar-refractivity contribution in [3.05, 3.63) is 17.8 Å². The van der Waals surface area contributed by atoms with Gasteiger partial charge in [0.1, 0.15) is 0 Å². The molecule has 1 aromatic rings. The predicted molar refractivity (Wildman–Crippen MR) is 62.3 cm³/mol. The van der Waals surface area contributed by atoms with Crippen molar-refractivity contribution >= 4 is 17.4 Å². The molecule has 82 valence electrons. The standard InChI is InChI=1S/C11H16ClN3/c12-9-10-5-6-11(14-13-10)15-7-3-1-2-4-8-15/h5-6H,1-4,7-9H2. The average molecular weight is 226 g/mol. The molecule has 0 spiro atoms. The van der Waals surface area contributed by atoms with Crippen LogP contribution >= 0.6 is 11.6 Å². The maximum absolute atomic E-state index is 5.68. The molecule has 0 aliphatic carbocycles. The minimum absolute atomic E-state index is 0.438. The zero-order valence-electron chi connectivity index (χ0n) is 8.82. The van der Waals surface area contributed by atoms with Gasteiger partial charge in [-0.25, -0.2) is 0 Å². The molecule has 1 saturated heterocycles. The minimum atomic E-state index is 0.438. The van der Waals surface area contributed by atoms with Crippen LogP contribution in [0, 0.1) is 0 Å². The fourth-order valence-electron chi connectivity index (χ4n) is 1.89. The van der Waals surface area contributed by atoms with Gasteiger partial charge in [0.05, 0.1) is 11.6 Å². The van der Waals surface area contributed by atoms with Crippen molar-refractivity contribution in [2.24, 2.45) is 0 Å². The van der Waals surface area contributed by atoms with Crippen LogP contribution in [0.4, 0.5) is 5.82 Å². The molecule has 3 nitrogen and oxygen atoms in total. The molecule has 1 aliphatic rings. The van der Waals surface area contributed by atoms with Gasteiger partial charge < -0.3 is 4.90 Å². The van der Waals surface area contributed by atoms with Crippen molar-refractivity contribution in [1.82, 2.24) is 10.2 Å². The van der Waals surface area contributed by atoms with Crippen LogP contribution in [0.3, 0.4) is 0 Å². The largest absolute Gasteiger partial charge is 0.355 e. The summed E-state index contributed by atoms with van der Waals surface area (Å²) in [5, 5.41) is 8.29. The van der Waals surface area contributed by atoms with E-state index in [4.69, 9.17) is 11.6 Å². The van der Waals surface area contributed by atoms with E-state index in [1.807, 2.05) is 12.1 Å². The Morgan fingerprint density at radius 2 is 1.80 bits per heavy atom. The maximum atomic E-state index is 5.68. The second-order valence-electron chi connectivity index (χ2n) is 3.92. The number of hydrogen-bond acceptors (Lipinski definition) is 3. The first-order chi connectivity index (χ1) is 7.40. The van der Waals surface area contributed by atoms with E-state index in [-0.39, 0.29) is 0 Å². The quantitative estimate of drug-likeness (QED) is 0.725. The lowest BCUT2D eigenvalue weighted by molar-refractivity contribution is 0.726. The van der Waals surface area contributed by atoms with E-state index in [1.54, 1.807) is 0 Å². The first kappa shape index (κ1) is 10.7. The summed E-state index contributed by atoms with van der Waals surface area (Å²) in [5.41, 5.74) is 0.843. The van der Waals surface area contributed by atoms with E-state index in [0.29, 0.717) is 5.88 Å². The van der Waals surface area contributed by atoms with Crippen molar-refractivity contribution in [3.63, 3.8) is 0 Å². The number of aromatic nitrogens is 2. The van der Waals surface area contributed by atoms with Crippen molar-refractivity contribution in [3.8, 4) is 0 Å². The summed E-state index contributed by atoms with van der Waals surface area (Å²) in [6.07, 6.45) is 5.20. The smallest absolute Gasteiger partial charge is 0.151 e. The molecule has 0 saturated carbocycles. The first-order valence-corrected chi connectivity index (χ1v) is 6.07. The summed E-state index contributed by atoms with van der Waals surface area (Å²) >= 11 is 5.68. The van der Waals surface area contributed by atoms with Crippen molar-refractivity contribution in [1.29, 1.82) is 0 Å². The Kier molecular flexibility index (Phi) is 3.78. The fourth-order valence-corrected chi connectivity index (χ4v) is 2.04. The maximum Gasteiger partial charge on any atom is 0.151 e. The summed E-state index contributed by atoms with van der Waals surface area (Å²) in [5.74, 6) is 1.43. The van der Waals surface area contributed by atoms with Gasteiger partial charge in [0.15, 0.2) is 5.82 Å². The van der Waals surface area contributed by atoms with Crippen LogP contribution in [-0.2, 0) is 5.88 Å². The molecule has 4 heteroatoms. The van der Waals surface area contributed by atoms with Gasteiger partial charge in [0.2, 0.25) is 0 Å². The van der Waals surface area contributed by atoms with Gasteiger partial charge in [0, 0.05) is 13.1 Å². The molecule has 0 amide bonds. The highest BCUT2D eigenvalue weighted by molar-refractivity contribution is 6.16. The molecule has 2 rings (SSSR count). The van der Waals surface area contributed by atoms with Gasteiger partial charge in [-0.05, 0) is 25.0 Å². The lowest BCUT2D eigenvalue weighted by Crippen LogP contribution is -2.25.